The van der Waals surface area contributed by atoms with E-state index in [2.05, 4.69) is 11.0 Å². The fraction of sp³-hybridized carbons (Fsp3) is 0.433. The van der Waals surface area contributed by atoms with Crippen molar-refractivity contribution < 1.29 is 14.3 Å². The first-order valence-electron chi connectivity index (χ1n) is 13.1. The summed E-state index contributed by atoms with van der Waals surface area (Å²) >= 11 is 12.6. The molecule has 0 bridgehead atoms. The highest BCUT2D eigenvalue weighted by Crippen LogP contribution is 2.35. The van der Waals surface area contributed by atoms with Crippen LogP contribution in [0.1, 0.15) is 43.6 Å². The first-order chi connectivity index (χ1) is 18.4. The number of carbonyl (C=O) groups is 2. The predicted molar refractivity (Wildman–Crippen MR) is 150 cm³/mol. The average molecular weight is 555 g/mol. The molecular weight excluding hydrogens is 521 g/mol. The topological polar surface area (TPSA) is 73.6 Å². The van der Waals surface area contributed by atoms with Gasteiger partial charge in [-0.3, -0.25) is 9.59 Å². The van der Waals surface area contributed by atoms with Crippen molar-refractivity contribution >= 4 is 35.1 Å². The highest BCUT2D eigenvalue weighted by atomic mass is 35.5. The lowest BCUT2D eigenvalue weighted by molar-refractivity contribution is -0.146. The van der Waals surface area contributed by atoms with Gasteiger partial charge in [-0.1, -0.05) is 60.0 Å². The largest absolute Gasteiger partial charge is 0.468 e. The summed E-state index contributed by atoms with van der Waals surface area (Å²) in [7, 11) is 1.32. The van der Waals surface area contributed by atoms with Gasteiger partial charge in [-0.2, -0.15) is 5.26 Å². The van der Waals surface area contributed by atoms with E-state index >= 15 is 0 Å². The SMILES string of the molecule is COC(=O)CN(C[C@@H](CCN1CCCCC1)c1ccc(Cl)c(Cl)c1)C(=O)C1=C2C=CC=CC2CC(C#N)=C1. The number of methoxy groups -OCH3 is 1. The van der Waals surface area contributed by atoms with Crippen LogP contribution in [0.2, 0.25) is 10.0 Å². The zero-order chi connectivity index (χ0) is 27.1. The Labute approximate surface area is 234 Å². The summed E-state index contributed by atoms with van der Waals surface area (Å²) in [5.74, 6) is -0.898. The van der Waals surface area contributed by atoms with E-state index in [1.165, 1.54) is 26.4 Å². The van der Waals surface area contributed by atoms with Crippen LogP contribution in [-0.2, 0) is 14.3 Å². The normalized spacial score (nSPS) is 19.8. The molecule has 0 spiro atoms. The third-order valence-electron chi connectivity index (χ3n) is 7.51. The van der Waals surface area contributed by atoms with Crippen LogP contribution in [-0.4, -0.2) is 61.5 Å². The summed E-state index contributed by atoms with van der Waals surface area (Å²) in [5, 5.41) is 10.6. The van der Waals surface area contributed by atoms with E-state index in [-0.39, 0.29) is 24.3 Å². The number of amides is 1. The maximum absolute atomic E-state index is 14.1. The van der Waals surface area contributed by atoms with Crippen LogP contribution in [0.5, 0.6) is 0 Å². The number of nitriles is 1. The second-order valence-electron chi connectivity index (χ2n) is 10.0. The Morgan fingerprint density at radius 2 is 1.97 bits per heavy atom. The molecule has 0 radical (unpaired) electrons. The van der Waals surface area contributed by atoms with Crippen molar-refractivity contribution in [2.75, 3.05) is 39.8 Å². The van der Waals surface area contributed by atoms with Crippen LogP contribution < -0.4 is 0 Å². The second kappa shape index (κ2) is 13.3. The number of fused-ring (bicyclic) bond motifs is 1. The molecule has 1 heterocycles. The van der Waals surface area contributed by atoms with Crippen molar-refractivity contribution in [2.45, 2.75) is 38.0 Å². The number of rotatable bonds is 9. The maximum atomic E-state index is 14.1. The molecule has 8 heteroatoms. The maximum Gasteiger partial charge on any atom is 0.325 e. The third-order valence-corrected chi connectivity index (χ3v) is 8.25. The molecule has 4 rings (SSSR count). The summed E-state index contributed by atoms with van der Waals surface area (Å²) in [6.07, 6.45) is 14.4. The summed E-state index contributed by atoms with van der Waals surface area (Å²) in [5.41, 5.74) is 2.83. The van der Waals surface area contributed by atoms with Gasteiger partial charge in [0.25, 0.3) is 5.91 Å². The molecule has 1 aliphatic heterocycles. The molecule has 0 aromatic heterocycles. The Kier molecular flexibility index (Phi) is 9.85. The number of likely N-dealkylation sites (tertiary alicyclic amines) is 1. The first kappa shape index (κ1) is 28.2. The van der Waals surface area contributed by atoms with E-state index in [0.29, 0.717) is 34.2 Å². The third kappa shape index (κ3) is 6.96. The van der Waals surface area contributed by atoms with Crippen molar-refractivity contribution in [1.29, 1.82) is 5.26 Å². The predicted octanol–water partition coefficient (Wildman–Crippen LogP) is 5.85. The highest BCUT2D eigenvalue weighted by molar-refractivity contribution is 6.42. The van der Waals surface area contributed by atoms with Gasteiger partial charge in [0.2, 0.25) is 0 Å². The van der Waals surface area contributed by atoms with Crippen molar-refractivity contribution in [3.63, 3.8) is 0 Å². The van der Waals surface area contributed by atoms with E-state index in [0.717, 1.165) is 37.2 Å². The Balaban J connectivity index is 1.66. The van der Waals surface area contributed by atoms with Crippen molar-refractivity contribution in [3.05, 3.63) is 80.9 Å². The van der Waals surface area contributed by atoms with Crippen molar-refractivity contribution in [2.24, 2.45) is 5.92 Å². The molecule has 1 unspecified atom stereocenters. The second-order valence-corrected chi connectivity index (χ2v) is 10.8. The van der Waals surface area contributed by atoms with Crippen LogP contribution in [0.25, 0.3) is 0 Å². The van der Waals surface area contributed by atoms with Crippen LogP contribution >= 0.6 is 23.2 Å². The molecule has 6 nitrogen and oxygen atoms in total. The number of hydrogen-bond donors (Lipinski definition) is 0. The van der Waals surface area contributed by atoms with Gasteiger partial charge < -0.3 is 14.5 Å². The van der Waals surface area contributed by atoms with Gasteiger partial charge in [-0.05, 0) is 74.7 Å². The van der Waals surface area contributed by atoms with Gasteiger partial charge in [-0.15, -0.1) is 0 Å². The Hall–Kier alpha value is -2.85. The standard InChI is InChI=1S/C30H33Cl2N3O3/c1-38-29(36)20-35(30(37)26-16-21(18-33)15-23-7-3-4-8-25(23)26)19-24(11-14-34-12-5-2-6-13-34)22-9-10-27(31)28(32)17-22/h3-4,7-10,16-17,23-24H,2,5-6,11-15,19-20H2,1H3/t23?,24-/m1/s1. The van der Waals surface area contributed by atoms with Crippen molar-refractivity contribution in [1.82, 2.24) is 9.80 Å². The average Bonchev–Trinajstić information content (AvgIpc) is 2.95. The molecule has 0 N–H and O–H groups in total. The van der Waals surface area contributed by atoms with Gasteiger partial charge in [0, 0.05) is 29.5 Å². The number of halogens is 2. The number of hydrogen-bond acceptors (Lipinski definition) is 5. The number of ether oxygens (including phenoxy) is 1. The van der Waals surface area contributed by atoms with Gasteiger partial charge in [-0.25, -0.2) is 0 Å². The first-order valence-corrected chi connectivity index (χ1v) is 13.9. The molecule has 200 valence electrons. The van der Waals surface area contributed by atoms with Crippen LogP contribution in [0.15, 0.2) is 65.3 Å². The monoisotopic (exact) mass is 553 g/mol. The minimum absolute atomic E-state index is 0.0384. The smallest absolute Gasteiger partial charge is 0.325 e. The lowest BCUT2D eigenvalue weighted by atomic mass is 9.80. The van der Waals surface area contributed by atoms with Crippen molar-refractivity contribution in [3.8, 4) is 6.07 Å². The number of benzene rings is 1. The van der Waals surface area contributed by atoms with Crippen LogP contribution in [0.4, 0.5) is 0 Å². The van der Waals surface area contributed by atoms with E-state index in [1.807, 2.05) is 36.4 Å². The number of carbonyl (C=O) groups excluding carboxylic acids is 2. The highest BCUT2D eigenvalue weighted by Gasteiger charge is 2.31. The fourth-order valence-corrected chi connectivity index (χ4v) is 5.70. The Morgan fingerprint density at radius 1 is 1.18 bits per heavy atom. The molecule has 1 fully saturated rings. The Morgan fingerprint density at radius 3 is 2.68 bits per heavy atom. The molecule has 1 amide bonds. The Bertz CT molecular complexity index is 1220. The van der Waals surface area contributed by atoms with E-state index in [9.17, 15) is 14.9 Å². The summed E-state index contributed by atoms with van der Waals surface area (Å²) < 4.78 is 4.96. The van der Waals surface area contributed by atoms with Gasteiger partial charge in [0.05, 0.1) is 23.2 Å². The minimum Gasteiger partial charge on any atom is -0.468 e. The molecule has 3 aliphatic rings. The van der Waals surface area contributed by atoms with Crippen LogP contribution in [0.3, 0.4) is 0 Å². The molecule has 0 saturated carbocycles. The van der Waals surface area contributed by atoms with E-state index < -0.39 is 5.97 Å². The quantitative estimate of drug-likeness (QED) is 0.359. The fourth-order valence-electron chi connectivity index (χ4n) is 5.40. The summed E-state index contributed by atoms with van der Waals surface area (Å²) in [6, 6.07) is 7.79. The zero-order valence-corrected chi connectivity index (χ0v) is 23.2. The number of allylic oxidation sites excluding steroid dienone is 6. The number of esters is 1. The molecule has 38 heavy (non-hydrogen) atoms. The van der Waals surface area contributed by atoms with Crippen LogP contribution in [0, 0.1) is 17.2 Å². The lowest BCUT2D eigenvalue weighted by Crippen LogP contribution is -2.41. The number of nitrogens with zero attached hydrogens (tertiary/aromatic N) is 3. The van der Waals surface area contributed by atoms with Gasteiger partial charge in [0.1, 0.15) is 6.54 Å². The van der Waals surface area contributed by atoms with E-state index in [4.69, 9.17) is 27.9 Å². The van der Waals surface area contributed by atoms with E-state index in [1.54, 1.807) is 17.0 Å². The molecule has 2 aliphatic carbocycles. The molecule has 1 aromatic carbocycles. The minimum atomic E-state index is -0.496. The van der Waals surface area contributed by atoms with Gasteiger partial charge >= 0.3 is 5.97 Å². The number of piperidine rings is 1. The van der Waals surface area contributed by atoms with Gasteiger partial charge in [0.15, 0.2) is 0 Å². The molecule has 1 saturated heterocycles. The molecular formula is C30H33Cl2N3O3. The lowest BCUT2D eigenvalue weighted by Gasteiger charge is -2.32. The molecule has 2 atom stereocenters. The summed E-state index contributed by atoms with van der Waals surface area (Å²) in [4.78, 5) is 30.5. The molecule has 1 aromatic rings. The zero-order valence-electron chi connectivity index (χ0n) is 21.7. The summed E-state index contributed by atoms with van der Waals surface area (Å²) in [6.45, 7) is 3.13.